The number of pyridine rings is 1. The van der Waals surface area contributed by atoms with E-state index in [1.54, 1.807) is 34.9 Å². The maximum Gasteiger partial charge on any atom is 0.324 e. The van der Waals surface area contributed by atoms with Gasteiger partial charge in [-0.3, -0.25) is 9.72 Å². The number of amides is 2. The molecule has 2 amide bonds. The zero-order chi connectivity index (χ0) is 18.1. The van der Waals surface area contributed by atoms with Crippen molar-refractivity contribution < 1.29 is 18.0 Å². The van der Waals surface area contributed by atoms with E-state index in [0.29, 0.717) is 29.0 Å². The van der Waals surface area contributed by atoms with Gasteiger partial charge in [-0.15, -0.1) is 0 Å². The Kier molecular flexibility index (Phi) is 3.85. The minimum absolute atomic E-state index is 0.141. The first-order valence-corrected chi connectivity index (χ1v) is 7.66. The summed E-state index contributed by atoms with van der Waals surface area (Å²) in [6, 6.07) is 11.0. The van der Waals surface area contributed by atoms with E-state index in [1.807, 2.05) is 6.07 Å². The Bertz CT molecular complexity index is 1090. The fourth-order valence-electron chi connectivity index (χ4n) is 2.55. The molecule has 0 saturated heterocycles. The van der Waals surface area contributed by atoms with Crippen molar-refractivity contribution in [2.45, 2.75) is 0 Å². The first-order chi connectivity index (χ1) is 12.6. The standard InChI is InChI=1S/C18H12F2N4O2/c19-11-6-7-13(12(20)10-11)21-18(25)23-17-16(14-4-3-9-26-14)22-15-5-1-2-8-24(15)17/h1-10H,(H2,21,23,25). The third-order valence-corrected chi connectivity index (χ3v) is 3.70. The fraction of sp³-hybridized carbons (Fsp3) is 0. The van der Waals surface area contributed by atoms with E-state index >= 15 is 0 Å². The Hall–Kier alpha value is -3.68. The van der Waals surface area contributed by atoms with Crippen LogP contribution in [0.25, 0.3) is 17.1 Å². The largest absolute Gasteiger partial charge is 0.463 e. The lowest BCUT2D eigenvalue weighted by atomic mass is 10.3. The molecule has 3 aromatic heterocycles. The molecule has 2 N–H and O–H groups in total. The van der Waals surface area contributed by atoms with Gasteiger partial charge in [0.2, 0.25) is 0 Å². The average molecular weight is 354 g/mol. The number of carbonyl (C=O) groups excluding carboxylic acids is 1. The van der Waals surface area contributed by atoms with Crippen molar-refractivity contribution in [3.63, 3.8) is 0 Å². The Morgan fingerprint density at radius 2 is 1.96 bits per heavy atom. The molecule has 6 nitrogen and oxygen atoms in total. The van der Waals surface area contributed by atoms with Gasteiger partial charge in [0, 0.05) is 12.3 Å². The molecule has 0 radical (unpaired) electrons. The second-order valence-electron chi connectivity index (χ2n) is 5.42. The van der Waals surface area contributed by atoms with Crippen LogP contribution in [-0.4, -0.2) is 15.4 Å². The lowest BCUT2D eigenvalue weighted by Gasteiger charge is -2.09. The third-order valence-electron chi connectivity index (χ3n) is 3.70. The predicted octanol–water partition coefficient (Wildman–Crippen LogP) is 4.52. The number of carbonyl (C=O) groups is 1. The van der Waals surface area contributed by atoms with E-state index in [-0.39, 0.29) is 5.69 Å². The van der Waals surface area contributed by atoms with Crippen LogP contribution < -0.4 is 10.6 Å². The number of aromatic nitrogens is 2. The molecule has 26 heavy (non-hydrogen) atoms. The second-order valence-corrected chi connectivity index (χ2v) is 5.42. The van der Waals surface area contributed by atoms with Gasteiger partial charge in [-0.05, 0) is 36.4 Å². The fourth-order valence-corrected chi connectivity index (χ4v) is 2.55. The molecule has 8 heteroatoms. The lowest BCUT2D eigenvalue weighted by Crippen LogP contribution is -2.21. The topological polar surface area (TPSA) is 71.6 Å². The molecular formula is C18H12F2N4O2. The van der Waals surface area contributed by atoms with Crippen molar-refractivity contribution in [1.82, 2.24) is 9.38 Å². The van der Waals surface area contributed by atoms with Gasteiger partial charge >= 0.3 is 6.03 Å². The molecule has 0 aliphatic rings. The van der Waals surface area contributed by atoms with Crippen LogP contribution in [0.15, 0.2) is 65.4 Å². The first kappa shape index (κ1) is 15.8. The number of nitrogens with zero attached hydrogens (tertiary/aromatic N) is 2. The number of nitrogens with one attached hydrogen (secondary N) is 2. The molecule has 0 fully saturated rings. The van der Waals surface area contributed by atoms with Crippen molar-refractivity contribution in [1.29, 1.82) is 0 Å². The van der Waals surface area contributed by atoms with E-state index in [9.17, 15) is 13.6 Å². The number of furan rings is 1. The molecule has 0 aliphatic heterocycles. The number of urea groups is 1. The number of benzene rings is 1. The van der Waals surface area contributed by atoms with Crippen molar-refractivity contribution in [3.8, 4) is 11.5 Å². The molecule has 3 heterocycles. The maximum absolute atomic E-state index is 13.7. The molecule has 0 saturated carbocycles. The molecule has 0 bridgehead atoms. The first-order valence-electron chi connectivity index (χ1n) is 7.66. The summed E-state index contributed by atoms with van der Waals surface area (Å²) in [7, 11) is 0. The quantitative estimate of drug-likeness (QED) is 0.568. The summed E-state index contributed by atoms with van der Waals surface area (Å²) in [6.07, 6.45) is 3.22. The SMILES string of the molecule is O=C(Nc1ccc(F)cc1F)Nc1c(-c2ccco2)nc2ccccn12. The minimum Gasteiger partial charge on any atom is -0.463 e. The summed E-state index contributed by atoms with van der Waals surface area (Å²) >= 11 is 0. The monoisotopic (exact) mass is 354 g/mol. The summed E-state index contributed by atoms with van der Waals surface area (Å²) in [4.78, 5) is 16.8. The van der Waals surface area contributed by atoms with Crippen molar-refractivity contribution >= 4 is 23.2 Å². The van der Waals surface area contributed by atoms with Crippen molar-refractivity contribution in [2.24, 2.45) is 0 Å². The number of hydrogen-bond acceptors (Lipinski definition) is 3. The van der Waals surface area contributed by atoms with Crippen LogP contribution >= 0.6 is 0 Å². The van der Waals surface area contributed by atoms with Gasteiger partial charge in [-0.25, -0.2) is 18.6 Å². The summed E-state index contributed by atoms with van der Waals surface area (Å²) in [6.45, 7) is 0. The Morgan fingerprint density at radius 1 is 1.08 bits per heavy atom. The summed E-state index contributed by atoms with van der Waals surface area (Å²) in [5.74, 6) is -0.771. The average Bonchev–Trinajstić information content (AvgIpc) is 3.26. The zero-order valence-electron chi connectivity index (χ0n) is 13.2. The van der Waals surface area contributed by atoms with Crippen LogP contribution in [0.1, 0.15) is 0 Å². The minimum atomic E-state index is -0.871. The molecule has 1 aromatic carbocycles. The number of halogens is 2. The van der Waals surface area contributed by atoms with Crippen LogP contribution in [0.4, 0.5) is 25.1 Å². The van der Waals surface area contributed by atoms with E-state index in [1.165, 1.54) is 6.26 Å². The van der Waals surface area contributed by atoms with E-state index in [4.69, 9.17) is 4.42 Å². The molecule has 4 rings (SSSR count). The van der Waals surface area contributed by atoms with Crippen LogP contribution in [-0.2, 0) is 0 Å². The van der Waals surface area contributed by atoms with Gasteiger partial charge in [-0.1, -0.05) is 6.07 Å². The van der Waals surface area contributed by atoms with E-state index < -0.39 is 17.7 Å². The molecular weight excluding hydrogens is 342 g/mol. The number of rotatable bonds is 3. The third kappa shape index (κ3) is 2.88. The maximum atomic E-state index is 13.7. The molecule has 0 unspecified atom stereocenters. The van der Waals surface area contributed by atoms with Gasteiger partial charge in [0.25, 0.3) is 0 Å². The molecule has 0 aliphatic carbocycles. The highest BCUT2D eigenvalue weighted by atomic mass is 19.1. The molecule has 0 atom stereocenters. The Balaban J connectivity index is 1.68. The van der Waals surface area contributed by atoms with Crippen molar-refractivity contribution in [2.75, 3.05) is 10.6 Å². The van der Waals surface area contributed by atoms with Gasteiger partial charge < -0.3 is 9.73 Å². The van der Waals surface area contributed by atoms with Crippen LogP contribution in [0, 0.1) is 11.6 Å². The molecule has 130 valence electrons. The molecule has 0 spiro atoms. The highest BCUT2D eigenvalue weighted by Crippen LogP contribution is 2.29. The highest BCUT2D eigenvalue weighted by Gasteiger charge is 2.18. The summed E-state index contributed by atoms with van der Waals surface area (Å²) in [5.41, 5.74) is 0.885. The number of hydrogen-bond donors (Lipinski definition) is 2. The number of fused-ring (bicyclic) bond motifs is 1. The zero-order valence-corrected chi connectivity index (χ0v) is 13.2. The van der Waals surface area contributed by atoms with Crippen LogP contribution in [0.2, 0.25) is 0 Å². The van der Waals surface area contributed by atoms with E-state index in [2.05, 4.69) is 15.6 Å². The van der Waals surface area contributed by atoms with Gasteiger partial charge in [0.1, 0.15) is 28.8 Å². The lowest BCUT2D eigenvalue weighted by molar-refractivity contribution is 0.262. The van der Waals surface area contributed by atoms with E-state index in [0.717, 1.165) is 12.1 Å². The summed E-state index contributed by atoms with van der Waals surface area (Å²) < 4.78 is 33.8. The van der Waals surface area contributed by atoms with Crippen LogP contribution in [0.5, 0.6) is 0 Å². The summed E-state index contributed by atoms with van der Waals surface area (Å²) in [5, 5.41) is 4.99. The smallest absolute Gasteiger partial charge is 0.324 e. The number of imidazole rings is 1. The van der Waals surface area contributed by atoms with Gasteiger partial charge in [0.05, 0.1) is 12.0 Å². The van der Waals surface area contributed by atoms with Gasteiger partial charge in [0.15, 0.2) is 5.76 Å². The number of anilines is 2. The van der Waals surface area contributed by atoms with Crippen LogP contribution in [0.3, 0.4) is 0 Å². The highest BCUT2D eigenvalue weighted by molar-refractivity contribution is 6.01. The Labute approximate surface area is 146 Å². The van der Waals surface area contributed by atoms with Crippen molar-refractivity contribution in [3.05, 3.63) is 72.6 Å². The predicted molar refractivity (Wildman–Crippen MR) is 91.9 cm³/mol. The second kappa shape index (κ2) is 6.32. The molecule has 4 aromatic rings. The normalized spacial score (nSPS) is 10.8. The van der Waals surface area contributed by atoms with Gasteiger partial charge in [-0.2, -0.15) is 0 Å². The Morgan fingerprint density at radius 3 is 2.73 bits per heavy atom.